The van der Waals surface area contributed by atoms with Crippen LogP contribution in [0.1, 0.15) is 47.8 Å². The Balaban J connectivity index is 1.33. The number of Topliss-reactive ketones (excluding diaryl/α,β-unsaturated/α-hetero) is 1. The maximum absolute atomic E-state index is 12.4. The van der Waals surface area contributed by atoms with Crippen molar-refractivity contribution < 1.29 is 9.59 Å². The minimum atomic E-state index is -0.188. The number of hydrogen-bond acceptors (Lipinski definition) is 4. The Morgan fingerprint density at radius 1 is 1.15 bits per heavy atom. The number of hydrogen-bond donors (Lipinski definition) is 2. The van der Waals surface area contributed by atoms with Crippen LogP contribution in [0.2, 0.25) is 0 Å². The lowest BCUT2D eigenvalue weighted by Gasteiger charge is -2.39. The average molecular weight is 384 g/mol. The number of benzene rings is 1. The Hall–Kier alpha value is -2.18. The van der Waals surface area contributed by atoms with E-state index in [9.17, 15) is 9.59 Å². The van der Waals surface area contributed by atoms with Gasteiger partial charge in [0.2, 0.25) is 0 Å². The van der Waals surface area contributed by atoms with Gasteiger partial charge in [-0.15, -0.1) is 11.3 Å². The van der Waals surface area contributed by atoms with Gasteiger partial charge < -0.3 is 10.6 Å². The summed E-state index contributed by atoms with van der Waals surface area (Å²) < 4.78 is 0. The molecule has 3 heterocycles. The predicted octanol–water partition coefficient (Wildman–Crippen LogP) is 4.27. The van der Waals surface area contributed by atoms with Crippen molar-refractivity contribution >= 4 is 28.8 Å². The molecule has 2 aliphatic heterocycles. The summed E-state index contributed by atoms with van der Waals surface area (Å²) >= 11 is 1.82. The van der Waals surface area contributed by atoms with E-state index in [2.05, 4.69) is 33.0 Å². The summed E-state index contributed by atoms with van der Waals surface area (Å²) in [6, 6.07) is 12.5. The molecule has 0 aliphatic carbocycles. The fourth-order valence-corrected chi connectivity index (χ4v) is 5.11. The van der Waals surface area contributed by atoms with Gasteiger partial charge in [-0.25, -0.2) is 4.79 Å². The van der Waals surface area contributed by atoms with Crippen molar-refractivity contribution in [2.45, 2.75) is 57.3 Å². The van der Waals surface area contributed by atoms with Crippen molar-refractivity contribution in [1.29, 1.82) is 0 Å². The van der Waals surface area contributed by atoms with E-state index in [-0.39, 0.29) is 17.9 Å². The molecule has 0 spiro atoms. The monoisotopic (exact) mass is 383 g/mol. The summed E-state index contributed by atoms with van der Waals surface area (Å²) in [7, 11) is 0. The van der Waals surface area contributed by atoms with E-state index in [4.69, 9.17) is 0 Å². The number of ketones is 1. The molecule has 27 heavy (non-hydrogen) atoms. The number of amides is 2. The number of carbonyl (C=O) groups is 2. The zero-order valence-electron chi connectivity index (χ0n) is 15.5. The van der Waals surface area contributed by atoms with Crippen LogP contribution < -0.4 is 10.6 Å². The summed E-state index contributed by atoms with van der Waals surface area (Å²) in [4.78, 5) is 27.9. The van der Waals surface area contributed by atoms with Crippen LogP contribution in [0.3, 0.4) is 0 Å². The SMILES string of the molecule is CC(=O)c1cccc(NC(=O)NC2C[C@H]3CC[C@H](C2)N3Cc2cccs2)c1. The first-order chi connectivity index (χ1) is 13.1. The van der Waals surface area contributed by atoms with Gasteiger partial charge in [0.15, 0.2) is 5.78 Å². The first kappa shape index (κ1) is 18.2. The van der Waals surface area contributed by atoms with Gasteiger partial charge in [0, 0.05) is 40.8 Å². The number of anilines is 1. The van der Waals surface area contributed by atoms with Crippen LogP contribution >= 0.6 is 11.3 Å². The second-order valence-electron chi connectivity index (χ2n) is 7.54. The van der Waals surface area contributed by atoms with Crippen LogP contribution in [-0.2, 0) is 6.54 Å². The molecule has 0 radical (unpaired) electrons. The van der Waals surface area contributed by atoms with Gasteiger partial charge in [0.25, 0.3) is 0 Å². The third-order valence-electron chi connectivity index (χ3n) is 5.67. The van der Waals surface area contributed by atoms with Crippen LogP contribution in [0.15, 0.2) is 41.8 Å². The Bertz CT molecular complexity index is 807. The molecule has 4 rings (SSSR count). The molecule has 2 amide bonds. The topological polar surface area (TPSA) is 61.4 Å². The van der Waals surface area contributed by atoms with E-state index in [1.165, 1.54) is 24.6 Å². The molecule has 2 aliphatic rings. The average Bonchev–Trinajstić information content (AvgIpc) is 3.22. The predicted molar refractivity (Wildman–Crippen MR) is 108 cm³/mol. The highest BCUT2D eigenvalue weighted by Gasteiger charge is 2.41. The molecule has 2 saturated heterocycles. The standard InChI is InChI=1S/C21H25N3O2S/c1-14(25)15-4-2-5-16(10-15)22-21(26)23-17-11-18-7-8-19(12-17)24(18)13-20-6-3-9-27-20/h2-6,9-10,17-19H,7-8,11-13H2,1H3,(H2,22,23,26)/t18-,19-/m1/s1. The molecule has 6 heteroatoms. The lowest BCUT2D eigenvalue weighted by Crippen LogP contribution is -2.50. The lowest BCUT2D eigenvalue weighted by molar-refractivity contribution is 0.101. The Labute approximate surface area is 163 Å². The molecule has 2 bridgehead atoms. The van der Waals surface area contributed by atoms with Gasteiger partial charge in [-0.05, 0) is 56.2 Å². The minimum Gasteiger partial charge on any atom is -0.335 e. The molecular weight excluding hydrogens is 358 g/mol. The van der Waals surface area contributed by atoms with E-state index in [1.54, 1.807) is 24.3 Å². The molecule has 2 N–H and O–H groups in total. The zero-order chi connectivity index (χ0) is 18.8. The van der Waals surface area contributed by atoms with Crippen molar-refractivity contribution in [3.63, 3.8) is 0 Å². The van der Waals surface area contributed by atoms with Crippen molar-refractivity contribution in [2.24, 2.45) is 0 Å². The van der Waals surface area contributed by atoms with Crippen LogP contribution in [0, 0.1) is 0 Å². The summed E-state index contributed by atoms with van der Waals surface area (Å²) in [5, 5.41) is 8.14. The van der Waals surface area contributed by atoms with Gasteiger partial charge >= 0.3 is 6.03 Å². The molecule has 1 aromatic carbocycles. The fourth-order valence-electron chi connectivity index (χ4n) is 4.40. The number of nitrogens with zero attached hydrogens (tertiary/aromatic N) is 1. The van der Waals surface area contributed by atoms with Crippen molar-refractivity contribution in [1.82, 2.24) is 10.2 Å². The van der Waals surface area contributed by atoms with Crippen molar-refractivity contribution in [3.8, 4) is 0 Å². The molecule has 0 saturated carbocycles. The second kappa shape index (κ2) is 7.82. The van der Waals surface area contributed by atoms with E-state index in [1.807, 2.05) is 11.3 Å². The second-order valence-corrected chi connectivity index (χ2v) is 8.57. The van der Waals surface area contributed by atoms with E-state index < -0.39 is 0 Å². The third kappa shape index (κ3) is 4.22. The Morgan fingerprint density at radius 3 is 2.59 bits per heavy atom. The zero-order valence-corrected chi connectivity index (χ0v) is 16.3. The summed E-state index contributed by atoms with van der Waals surface area (Å²) in [6.07, 6.45) is 4.44. The highest BCUT2D eigenvalue weighted by Crippen LogP contribution is 2.37. The number of fused-ring (bicyclic) bond motifs is 2. The molecule has 5 nitrogen and oxygen atoms in total. The largest absolute Gasteiger partial charge is 0.335 e. The van der Waals surface area contributed by atoms with Crippen LogP contribution in [0.5, 0.6) is 0 Å². The normalized spacial score (nSPS) is 24.6. The quantitative estimate of drug-likeness (QED) is 0.758. The Morgan fingerprint density at radius 2 is 1.93 bits per heavy atom. The van der Waals surface area contributed by atoms with Crippen LogP contribution in [0.25, 0.3) is 0 Å². The minimum absolute atomic E-state index is 0.00579. The summed E-state index contributed by atoms with van der Waals surface area (Å²) in [6.45, 7) is 2.56. The number of thiophene rings is 1. The number of piperidine rings is 1. The van der Waals surface area contributed by atoms with Gasteiger partial charge in [-0.2, -0.15) is 0 Å². The highest BCUT2D eigenvalue weighted by molar-refractivity contribution is 7.09. The lowest BCUT2D eigenvalue weighted by atomic mass is 9.97. The molecule has 2 aromatic rings. The van der Waals surface area contributed by atoms with Crippen molar-refractivity contribution in [2.75, 3.05) is 5.32 Å². The third-order valence-corrected chi connectivity index (χ3v) is 6.53. The fraction of sp³-hybridized carbons (Fsp3) is 0.429. The van der Waals surface area contributed by atoms with Crippen LogP contribution in [0.4, 0.5) is 10.5 Å². The molecular formula is C21H25N3O2S. The smallest absolute Gasteiger partial charge is 0.319 e. The first-order valence-corrected chi connectivity index (χ1v) is 10.4. The number of carbonyl (C=O) groups excluding carboxylic acids is 2. The molecule has 2 atom stereocenters. The number of rotatable bonds is 5. The maximum Gasteiger partial charge on any atom is 0.319 e. The maximum atomic E-state index is 12.4. The van der Waals surface area contributed by atoms with Gasteiger partial charge in [-0.1, -0.05) is 18.2 Å². The van der Waals surface area contributed by atoms with Gasteiger partial charge in [0.1, 0.15) is 0 Å². The molecule has 1 aromatic heterocycles. The molecule has 0 unspecified atom stereocenters. The van der Waals surface area contributed by atoms with Crippen molar-refractivity contribution in [3.05, 3.63) is 52.2 Å². The highest BCUT2D eigenvalue weighted by atomic mass is 32.1. The number of urea groups is 1. The van der Waals surface area contributed by atoms with E-state index in [0.29, 0.717) is 23.3 Å². The van der Waals surface area contributed by atoms with Gasteiger partial charge in [-0.3, -0.25) is 9.69 Å². The molecule has 2 fully saturated rings. The summed E-state index contributed by atoms with van der Waals surface area (Å²) in [5.41, 5.74) is 1.26. The van der Waals surface area contributed by atoms with E-state index >= 15 is 0 Å². The summed E-state index contributed by atoms with van der Waals surface area (Å²) in [5.74, 6) is -0.00579. The van der Waals surface area contributed by atoms with E-state index in [0.717, 1.165) is 19.4 Å². The van der Waals surface area contributed by atoms with Gasteiger partial charge in [0.05, 0.1) is 0 Å². The van der Waals surface area contributed by atoms with Crippen LogP contribution in [-0.4, -0.2) is 34.8 Å². The Kier molecular flexibility index (Phi) is 5.27. The number of nitrogens with one attached hydrogen (secondary N) is 2. The molecule has 142 valence electrons. The first-order valence-electron chi connectivity index (χ1n) is 9.55.